The zero-order valence-electron chi connectivity index (χ0n) is 9.68. The Balaban J connectivity index is 2.08. The lowest BCUT2D eigenvalue weighted by Gasteiger charge is -2.10. The van der Waals surface area contributed by atoms with Crippen LogP contribution in [0.3, 0.4) is 0 Å². The van der Waals surface area contributed by atoms with E-state index in [9.17, 15) is 4.79 Å². The molecule has 2 rings (SSSR count). The van der Waals surface area contributed by atoms with Crippen molar-refractivity contribution >= 4 is 11.6 Å². The molecule has 1 N–H and O–H groups in total. The van der Waals surface area contributed by atoms with Crippen LogP contribution in [0.1, 0.15) is 18.8 Å². The molecular weight excluding hydrogens is 218 g/mol. The van der Waals surface area contributed by atoms with E-state index in [2.05, 4.69) is 5.32 Å². The van der Waals surface area contributed by atoms with Crippen LogP contribution in [0.5, 0.6) is 0 Å². The van der Waals surface area contributed by atoms with E-state index in [4.69, 9.17) is 9.47 Å². The Morgan fingerprint density at radius 2 is 2.18 bits per heavy atom. The summed E-state index contributed by atoms with van der Waals surface area (Å²) in [6.07, 6.45) is 2.87. The summed E-state index contributed by atoms with van der Waals surface area (Å²) in [5.74, 6) is -0.141. The van der Waals surface area contributed by atoms with Crippen LogP contribution >= 0.6 is 0 Å². The molecule has 0 spiro atoms. The predicted octanol–water partition coefficient (Wildman–Crippen LogP) is 2.25. The van der Waals surface area contributed by atoms with Crippen LogP contribution in [0.25, 0.3) is 0 Å². The Morgan fingerprint density at radius 1 is 1.41 bits per heavy atom. The number of amides is 1. The maximum atomic E-state index is 11.4. The van der Waals surface area contributed by atoms with Gasteiger partial charge in [0.05, 0.1) is 13.2 Å². The summed E-state index contributed by atoms with van der Waals surface area (Å²) in [5.41, 5.74) is 1.66. The molecule has 4 nitrogen and oxygen atoms in total. The fourth-order valence-corrected chi connectivity index (χ4v) is 1.65. The third-order valence-corrected chi connectivity index (χ3v) is 2.37. The van der Waals surface area contributed by atoms with E-state index in [-0.39, 0.29) is 12.2 Å². The minimum atomic E-state index is -0.312. The molecule has 4 heteroatoms. The van der Waals surface area contributed by atoms with Gasteiger partial charge in [0.2, 0.25) is 5.91 Å². The second-order valence-electron chi connectivity index (χ2n) is 3.69. The van der Waals surface area contributed by atoms with Gasteiger partial charge in [-0.05, 0) is 25.1 Å². The fraction of sp³-hybridized carbons (Fsp3) is 0.308. The molecule has 0 saturated carbocycles. The van der Waals surface area contributed by atoms with E-state index in [1.165, 1.54) is 6.08 Å². The molecule has 1 aliphatic heterocycles. The summed E-state index contributed by atoms with van der Waals surface area (Å²) in [6.45, 7) is 3.02. The summed E-state index contributed by atoms with van der Waals surface area (Å²) in [4.78, 5) is 11.4. The van der Waals surface area contributed by atoms with E-state index >= 15 is 0 Å². The van der Waals surface area contributed by atoms with Crippen LogP contribution in [0.2, 0.25) is 0 Å². The molecule has 0 bridgehead atoms. The van der Waals surface area contributed by atoms with Crippen molar-refractivity contribution in [1.29, 1.82) is 0 Å². The van der Waals surface area contributed by atoms with Crippen LogP contribution in [0.15, 0.2) is 36.4 Å². The van der Waals surface area contributed by atoms with Gasteiger partial charge in [-0.2, -0.15) is 0 Å². The number of hydrogen-bond acceptors (Lipinski definition) is 3. The highest BCUT2D eigenvalue weighted by atomic mass is 16.7. The van der Waals surface area contributed by atoms with E-state index < -0.39 is 0 Å². The number of benzene rings is 1. The van der Waals surface area contributed by atoms with E-state index in [1.807, 2.05) is 24.3 Å². The van der Waals surface area contributed by atoms with Gasteiger partial charge in [-0.25, -0.2) is 0 Å². The van der Waals surface area contributed by atoms with Gasteiger partial charge in [0.15, 0.2) is 6.29 Å². The molecule has 0 aliphatic carbocycles. The normalized spacial score (nSPS) is 16.5. The van der Waals surface area contributed by atoms with Crippen LogP contribution in [-0.2, 0) is 14.3 Å². The van der Waals surface area contributed by atoms with Gasteiger partial charge >= 0.3 is 0 Å². The number of ether oxygens (including phenoxy) is 2. The maximum Gasteiger partial charge on any atom is 0.248 e. The van der Waals surface area contributed by atoms with Crippen molar-refractivity contribution in [3.05, 3.63) is 42.0 Å². The van der Waals surface area contributed by atoms with Crippen molar-refractivity contribution < 1.29 is 14.3 Å². The lowest BCUT2D eigenvalue weighted by Crippen LogP contribution is -2.08. The lowest BCUT2D eigenvalue weighted by molar-refractivity contribution is -0.111. The largest absolute Gasteiger partial charge is 0.346 e. The zero-order chi connectivity index (χ0) is 12.1. The van der Waals surface area contributed by atoms with Crippen LogP contribution in [0.4, 0.5) is 5.69 Å². The predicted molar refractivity (Wildman–Crippen MR) is 64.5 cm³/mol. The number of carbonyl (C=O) groups excluding carboxylic acids is 1. The van der Waals surface area contributed by atoms with Crippen molar-refractivity contribution in [2.24, 2.45) is 0 Å². The first kappa shape index (κ1) is 11.8. The maximum absolute atomic E-state index is 11.4. The standard InChI is InChI=1S/C13H15NO3/c1-2-4-12(15)14-11-6-3-5-10(9-11)13-16-7-8-17-13/h2-6,9,13H,7-8H2,1H3,(H,14,15)/b4-2+. The minimum Gasteiger partial charge on any atom is -0.346 e. The molecule has 0 unspecified atom stereocenters. The second-order valence-corrected chi connectivity index (χ2v) is 3.69. The Morgan fingerprint density at radius 3 is 2.88 bits per heavy atom. The first-order valence-electron chi connectivity index (χ1n) is 5.56. The number of carbonyl (C=O) groups is 1. The smallest absolute Gasteiger partial charge is 0.248 e. The third kappa shape index (κ3) is 3.15. The van der Waals surface area contributed by atoms with Crippen LogP contribution in [0, 0.1) is 0 Å². The fourth-order valence-electron chi connectivity index (χ4n) is 1.65. The van der Waals surface area contributed by atoms with Gasteiger partial charge in [0.1, 0.15) is 0 Å². The first-order chi connectivity index (χ1) is 8.29. The van der Waals surface area contributed by atoms with Crippen molar-refractivity contribution in [3.8, 4) is 0 Å². The summed E-state index contributed by atoms with van der Waals surface area (Å²) in [5, 5.41) is 2.77. The van der Waals surface area contributed by atoms with E-state index in [0.717, 1.165) is 11.3 Å². The molecule has 1 aliphatic rings. The molecule has 1 aromatic carbocycles. The highest BCUT2D eigenvalue weighted by molar-refractivity contribution is 5.99. The Hall–Kier alpha value is -1.65. The van der Waals surface area contributed by atoms with Gasteiger partial charge in [-0.15, -0.1) is 0 Å². The average molecular weight is 233 g/mol. The minimum absolute atomic E-state index is 0.141. The molecule has 0 radical (unpaired) electrons. The lowest BCUT2D eigenvalue weighted by atomic mass is 10.2. The molecular formula is C13H15NO3. The molecule has 90 valence electrons. The van der Waals surface area contributed by atoms with Crippen molar-refractivity contribution in [2.75, 3.05) is 18.5 Å². The Kier molecular flexibility index (Phi) is 3.90. The highest BCUT2D eigenvalue weighted by Gasteiger charge is 2.18. The first-order valence-corrected chi connectivity index (χ1v) is 5.56. The summed E-state index contributed by atoms with van der Waals surface area (Å²) < 4.78 is 10.8. The molecule has 1 heterocycles. The number of allylic oxidation sites excluding steroid dienone is 1. The van der Waals surface area contributed by atoms with Crippen molar-refractivity contribution in [3.63, 3.8) is 0 Å². The Labute approximate surface area is 100 Å². The number of hydrogen-bond donors (Lipinski definition) is 1. The quantitative estimate of drug-likeness (QED) is 0.814. The van der Waals surface area contributed by atoms with Gasteiger partial charge in [0, 0.05) is 11.3 Å². The molecule has 1 fully saturated rings. The third-order valence-electron chi connectivity index (χ3n) is 2.37. The monoisotopic (exact) mass is 233 g/mol. The molecule has 17 heavy (non-hydrogen) atoms. The number of anilines is 1. The summed E-state index contributed by atoms with van der Waals surface area (Å²) in [6, 6.07) is 7.48. The summed E-state index contributed by atoms with van der Waals surface area (Å²) in [7, 11) is 0. The Bertz CT molecular complexity index is 422. The van der Waals surface area contributed by atoms with Gasteiger partial charge < -0.3 is 14.8 Å². The van der Waals surface area contributed by atoms with Crippen molar-refractivity contribution in [1.82, 2.24) is 0 Å². The molecule has 1 amide bonds. The SMILES string of the molecule is C/C=C/C(=O)Nc1cccc(C2OCCO2)c1. The van der Waals surface area contributed by atoms with E-state index in [0.29, 0.717) is 13.2 Å². The highest BCUT2D eigenvalue weighted by Crippen LogP contribution is 2.25. The van der Waals surface area contributed by atoms with E-state index in [1.54, 1.807) is 13.0 Å². The number of rotatable bonds is 3. The van der Waals surface area contributed by atoms with Gasteiger partial charge in [0.25, 0.3) is 0 Å². The molecule has 1 saturated heterocycles. The number of nitrogens with one attached hydrogen (secondary N) is 1. The zero-order valence-corrected chi connectivity index (χ0v) is 9.68. The van der Waals surface area contributed by atoms with Crippen LogP contribution in [-0.4, -0.2) is 19.1 Å². The molecule has 0 atom stereocenters. The van der Waals surface area contributed by atoms with Crippen molar-refractivity contribution in [2.45, 2.75) is 13.2 Å². The van der Waals surface area contributed by atoms with Gasteiger partial charge in [-0.1, -0.05) is 18.2 Å². The molecule has 0 aromatic heterocycles. The average Bonchev–Trinajstić information content (AvgIpc) is 2.83. The van der Waals surface area contributed by atoms with Crippen LogP contribution < -0.4 is 5.32 Å². The second kappa shape index (κ2) is 5.61. The summed E-state index contributed by atoms with van der Waals surface area (Å²) >= 11 is 0. The topological polar surface area (TPSA) is 47.6 Å². The van der Waals surface area contributed by atoms with Gasteiger partial charge in [-0.3, -0.25) is 4.79 Å². The molecule has 1 aromatic rings.